The predicted octanol–water partition coefficient (Wildman–Crippen LogP) is -1.49. The van der Waals surface area contributed by atoms with Crippen molar-refractivity contribution in [3.63, 3.8) is 0 Å². The Kier molecular flexibility index (Phi) is 41.7. The van der Waals surface area contributed by atoms with Crippen molar-refractivity contribution in [3.05, 3.63) is 0 Å². The molecule has 11 heteroatoms. The van der Waals surface area contributed by atoms with Gasteiger partial charge in [0.25, 0.3) is 0 Å². The second kappa shape index (κ2) is 23.8. The van der Waals surface area contributed by atoms with E-state index in [9.17, 15) is 0 Å². The minimum Gasteiger partial charge on any atom is -0.392 e. The molecule has 0 heterocycles. The molecule has 0 rings (SSSR count). The minimum absolute atomic E-state index is 0.167. The number of hydrogen-bond donors (Lipinski definition) is 6. The van der Waals surface area contributed by atoms with Crippen LogP contribution in [0.2, 0.25) is 0 Å². The lowest BCUT2D eigenvalue weighted by Gasteiger charge is -1.82. The molecular weight excluding hydrogens is 272 g/mol. The lowest BCUT2D eigenvalue weighted by Crippen LogP contribution is -1.66. The van der Waals surface area contributed by atoms with Gasteiger partial charge in [-0.1, -0.05) is 0 Å². The van der Waals surface area contributed by atoms with E-state index < -0.39 is 7.82 Å². The van der Waals surface area contributed by atoms with Gasteiger partial charge in [0, 0.05) is 0 Å². The summed E-state index contributed by atoms with van der Waals surface area (Å²) in [6.07, 6.45) is 0.500. The Morgan fingerprint density at radius 2 is 0.786 bits per heavy atom. The molecule has 92 valence electrons. The normalized spacial score (nSPS) is 8.07. The molecule has 0 saturated heterocycles. The molecular formula is C3H18O7P4. The lowest BCUT2D eigenvalue weighted by molar-refractivity contribution is 0.275. The van der Waals surface area contributed by atoms with Crippen LogP contribution in [0, 0.1) is 0 Å². The van der Waals surface area contributed by atoms with Crippen molar-refractivity contribution in [1.29, 1.82) is 0 Å². The quantitative estimate of drug-likeness (QED) is 0.299. The van der Waals surface area contributed by atoms with Gasteiger partial charge in [0.05, 0.1) is 19.0 Å². The molecule has 0 aromatic carbocycles. The highest BCUT2D eigenvalue weighted by Gasteiger charge is 2.00. The topological polar surface area (TPSA) is 138 Å². The van der Waals surface area contributed by atoms with Gasteiger partial charge in [-0.2, -0.15) is 0 Å². The zero-order valence-electron chi connectivity index (χ0n) is 7.39. The Hall–Kier alpha value is 1.28. The summed E-state index contributed by atoms with van der Waals surface area (Å²) in [5, 5.41) is 22.6. The lowest BCUT2D eigenvalue weighted by atomic mass is 11.7. The Labute approximate surface area is 89.8 Å². The molecule has 0 radical (unpaired) electrons. The molecule has 6 N–H and O–H groups in total. The zero-order valence-corrected chi connectivity index (χ0v) is 11.8. The zero-order chi connectivity index (χ0) is 12.6. The molecule has 3 atom stereocenters. The standard InChI is InChI=1S/3CH5OP.H3O4P/c3*2-1-3;1-5(2,3)4/h3*2H,1,3H2;(H3,1,2,3,4). The highest BCUT2D eigenvalue weighted by atomic mass is 31.2. The van der Waals surface area contributed by atoms with Gasteiger partial charge < -0.3 is 30.0 Å². The summed E-state index contributed by atoms with van der Waals surface area (Å²) >= 11 is 0. The third kappa shape index (κ3) is 1220. The van der Waals surface area contributed by atoms with Crippen molar-refractivity contribution in [3.8, 4) is 0 Å². The average Bonchev–Trinajstić information content (AvgIpc) is 1.86. The Morgan fingerprint density at radius 3 is 0.786 bits per heavy atom. The first kappa shape index (κ1) is 24.5. The van der Waals surface area contributed by atoms with Crippen LogP contribution in [0.3, 0.4) is 0 Å². The molecule has 3 unspecified atom stereocenters. The van der Waals surface area contributed by atoms with Crippen LogP contribution in [0.1, 0.15) is 0 Å². The minimum atomic E-state index is -4.64. The van der Waals surface area contributed by atoms with Crippen molar-refractivity contribution in [1.82, 2.24) is 0 Å². The fraction of sp³-hybridized carbons (Fsp3) is 1.00. The van der Waals surface area contributed by atoms with E-state index in [-0.39, 0.29) is 19.0 Å². The average molecular weight is 290 g/mol. The first-order valence-corrected chi connectivity index (χ1v) is 6.97. The number of rotatable bonds is 0. The summed E-state index contributed by atoms with van der Waals surface area (Å²) in [7, 11) is 1.76. The predicted molar refractivity (Wildman–Crippen MR) is 64.7 cm³/mol. The maximum absolute atomic E-state index is 8.88. The van der Waals surface area contributed by atoms with E-state index in [0.717, 1.165) is 0 Å². The monoisotopic (exact) mass is 290 g/mol. The van der Waals surface area contributed by atoms with Crippen LogP contribution < -0.4 is 0 Å². The molecule has 0 spiro atoms. The highest BCUT2D eigenvalue weighted by molar-refractivity contribution is 7.45. The fourth-order valence-corrected chi connectivity index (χ4v) is 0. The second-order valence-electron chi connectivity index (χ2n) is 1.06. The number of hydrogen-bond acceptors (Lipinski definition) is 4. The van der Waals surface area contributed by atoms with Crippen LogP contribution in [0.25, 0.3) is 0 Å². The van der Waals surface area contributed by atoms with Crippen molar-refractivity contribution < 1.29 is 34.6 Å². The van der Waals surface area contributed by atoms with Crippen LogP contribution >= 0.6 is 35.5 Å². The summed E-state index contributed by atoms with van der Waals surface area (Å²) in [5.41, 5.74) is 0. The number of aliphatic hydroxyl groups is 3. The van der Waals surface area contributed by atoms with Gasteiger partial charge in [-0.05, 0) is 0 Å². The SMILES string of the molecule is O=P(O)(O)O.OCP.OCP.OCP. The first-order chi connectivity index (χ1) is 6.24. The maximum Gasteiger partial charge on any atom is 0.466 e. The van der Waals surface area contributed by atoms with Crippen molar-refractivity contribution in [2.45, 2.75) is 0 Å². The van der Waals surface area contributed by atoms with Crippen LogP contribution in [0.5, 0.6) is 0 Å². The molecule has 0 aliphatic rings. The van der Waals surface area contributed by atoms with Crippen LogP contribution in [-0.4, -0.2) is 49.0 Å². The van der Waals surface area contributed by atoms with Gasteiger partial charge in [-0.3, -0.25) is 0 Å². The molecule has 0 fully saturated rings. The van der Waals surface area contributed by atoms with E-state index in [1.54, 1.807) is 0 Å². The van der Waals surface area contributed by atoms with Crippen LogP contribution in [0.4, 0.5) is 0 Å². The molecule has 0 saturated carbocycles. The summed E-state index contributed by atoms with van der Waals surface area (Å²) in [5.74, 6) is 0. The van der Waals surface area contributed by atoms with E-state index >= 15 is 0 Å². The maximum atomic E-state index is 8.88. The van der Waals surface area contributed by atoms with Gasteiger partial charge >= 0.3 is 7.82 Å². The summed E-state index contributed by atoms with van der Waals surface area (Å²) in [6.45, 7) is 0. The summed E-state index contributed by atoms with van der Waals surface area (Å²) < 4.78 is 8.88. The molecule has 14 heavy (non-hydrogen) atoms. The van der Waals surface area contributed by atoms with E-state index in [2.05, 4.69) is 27.7 Å². The molecule has 0 bridgehead atoms. The number of phosphoric acid groups is 1. The van der Waals surface area contributed by atoms with Gasteiger partial charge in [0.2, 0.25) is 0 Å². The van der Waals surface area contributed by atoms with E-state index in [1.807, 2.05) is 0 Å². The molecule has 7 nitrogen and oxygen atoms in total. The van der Waals surface area contributed by atoms with Crippen LogP contribution in [0.15, 0.2) is 0 Å². The second-order valence-corrected chi connectivity index (χ2v) is 3.18. The van der Waals surface area contributed by atoms with Gasteiger partial charge in [-0.25, -0.2) is 4.57 Å². The van der Waals surface area contributed by atoms with Crippen molar-refractivity contribution >= 4 is 35.5 Å². The van der Waals surface area contributed by atoms with Crippen LogP contribution in [-0.2, 0) is 4.57 Å². The number of aliphatic hydroxyl groups excluding tert-OH is 3. The fourth-order valence-electron chi connectivity index (χ4n) is 0. The van der Waals surface area contributed by atoms with Gasteiger partial charge in [0.1, 0.15) is 0 Å². The highest BCUT2D eigenvalue weighted by Crippen LogP contribution is 2.25. The van der Waals surface area contributed by atoms with E-state index in [0.29, 0.717) is 0 Å². The third-order valence-corrected chi connectivity index (χ3v) is 0. The van der Waals surface area contributed by atoms with Crippen molar-refractivity contribution in [2.75, 3.05) is 19.0 Å². The van der Waals surface area contributed by atoms with E-state index in [1.165, 1.54) is 0 Å². The molecule has 0 aromatic heterocycles. The van der Waals surface area contributed by atoms with E-state index in [4.69, 9.17) is 34.6 Å². The van der Waals surface area contributed by atoms with Crippen molar-refractivity contribution in [2.24, 2.45) is 0 Å². The largest absolute Gasteiger partial charge is 0.466 e. The Morgan fingerprint density at radius 1 is 0.786 bits per heavy atom. The summed E-state index contributed by atoms with van der Waals surface area (Å²) in [6, 6.07) is 0. The van der Waals surface area contributed by atoms with Gasteiger partial charge in [-0.15, -0.1) is 27.7 Å². The molecule has 0 aromatic rings. The molecule has 0 amide bonds. The molecule has 0 aliphatic heterocycles. The third-order valence-electron chi connectivity index (χ3n) is 0. The smallest absolute Gasteiger partial charge is 0.392 e. The Balaban J connectivity index is -0.0000000495. The Bertz CT molecular complexity index is 92.1. The molecule has 0 aliphatic carbocycles. The summed E-state index contributed by atoms with van der Waals surface area (Å²) in [4.78, 5) is 21.6. The first-order valence-electron chi connectivity index (χ1n) is 2.96. The van der Waals surface area contributed by atoms with Gasteiger partial charge in [0.15, 0.2) is 0 Å².